The number of thioether (sulfide) groups is 1. The van der Waals surface area contributed by atoms with Crippen molar-refractivity contribution in [3.63, 3.8) is 0 Å². The molecule has 2 heterocycles. The van der Waals surface area contributed by atoms with Gasteiger partial charge in [0.05, 0.1) is 12.2 Å². The van der Waals surface area contributed by atoms with Crippen molar-refractivity contribution >= 4 is 29.3 Å². The molecule has 0 radical (unpaired) electrons. The van der Waals surface area contributed by atoms with Crippen LogP contribution in [0.5, 0.6) is 5.75 Å². The standard InChI is InChI=1S/C32H35N5O2S/c1-4-5-9-19-39-27-17-15-25(16-18-27)29-28(30(38)34-26-14-10-11-22(2)20-26)23(3)33-31-35-32(36-37(29)31)40-21-24-12-7-6-8-13-24/h6-8,10-18,20,29H,4-5,9,19,21H2,1-3H3,(H,34,38)(H,33,35,36). The molecule has 4 aromatic rings. The fourth-order valence-corrected chi connectivity index (χ4v) is 5.51. The summed E-state index contributed by atoms with van der Waals surface area (Å²) in [6.45, 7) is 6.80. The topological polar surface area (TPSA) is 81.1 Å². The maximum atomic E-state index is 13.8. The van der Waals surface area contributed by atoms with Crippen molar-refractivity contribution in [1.82, 2.24) is 14.8 Å². The van der Waals surface area contributed by atoms with Gasteiger partial charge < -0.3 is 15.4 Å². The van der Waals surface area contributed by atoms with E-state index in [1.807, 2.05) is 85.3 Å². The molecule has 7 nitrogen and oxygen atoms in total. The number of unbranched alkanes of at least 4 members (excludes halogenated alkanes) is 2. The molecular formula is C32H35N5O2S. The van der Waals surface area contributed by atoms with Gasteiger partial charge in [-0.15, -0.1) is 5.10 Å². The van der Waals surface area contributed by atoms with E-state index < -0.39 is 6.04 Å². The highest BCUT2D eigenvalue weighted by Crippen LogP contribution is 2.37. The maximum absolute atomic E-state index is 13.8. The second kappa shape index (κ2) is 12.9. The predicted molar refractivity (Wildman–Crippen MR) is 162 cm³/mol. The van der Waals surface area contributed by atoms with E-state index in [2.05, 4.69) is 29.7 Å². The van der Waals surface area contributed by atoms with Crippen LogP contribution in [0.2, 0.25) is 0 Å². The Morgan fingerprint density at radius 2 is 1.82 bits per heavy atom. The molecule has 0 aliphatic carbocycles. The molecule has 0 fully saturated rings. The lowest BCUT2D eigenvalue weighted by molar-refractivity contribution is -0.113. The third-order valence-corrected chi connectivity index (χ3v) is 7.69. The number of nitrogens with one attached hydrogen (secondary N) is 2. The Morgan fingerprint density at radius 1 is 1.02 bits per heavy atom. The number of nitrogens with zero attached hydrogens (tertiary/aromatic N) is 3. The van der Waals surface area contributed by atoms with Crippen molar-refractivity contribution in [3.8, 4) is 5.75 Å². The maximum Gasteiger partial charge on any atom is 0.255 e. The van der Waals surface area contributed by atoms with Crippen LogP contribution in [-0.2, 0) is 10.5 Å². The molecule has 2 N–H and O–H groups in total. The first kappa shape index (κ1) is 27.5. The average molecular weight is 554 g/mol. The normalized spacial score (nSPS) is 14.4. The Kier molecular flexibility index (Phi) is 8.86. The van der Waals surface area contributed by atoms with Gasteiger partial charge >= 0.3 is 0 Å². The largest absolute Gasteiger partial charge is 0.494 e. The summed E-state index contributed by atoms with van der Waals surface area (Å²) in [7, 11) is 0. The summed E-state index contributed by atoms with van der Waals surface area (Å²) in [4.78, 5) is 18.5. The number of fused-ring (bicyclic) bond motifs is 1. The summed E-state index contributed by atoms with van der Waals surface area (Å²) in [5.41, 5.74) is 5.30. The Balaban J connectivity index is 1.44. The molecule has 206 valence electrons. The van der Waals surface area contributed by atoms with Gasteiger partial charge in [0, 0.05) is 17.1 Å². The van der Waals surface area contributed by atoms with E-state index in [-0.39, 0.29) is 5.91 Å². The molecule has 0 bridgehead atoms. The highest BCUT2D eigenvalue weighted by atomic mass is 32.2. The summed E-state index contributed by atoms with van der Waals surface area (Å²) in [5, 5.41) is 11.9. The molecule has 0 spiro atoms. The minimum Gasteiger partial charge on any atom is -0.494 e. The van der Waals surface area contributed by atoms with Gasteiger partial charge in [-0.05, 0) is 61.2 Å². The number of allylic oxidation sites excluding steroid dienone is 1. The molecule has 1 aliphatic rings. The summed E-state index contributed by atoms with van der Waals surface area (Å²) in [6, 6.07) is 25.6. The van der Waals surface area contributed by atoms with Crippen LogP contribution in [0.15, 0.2) is 95.3 Å². The van der Waals surface area contributed by atoms with Gasteiger partial charge in [0.2, 0.25) is 11.1 Å². The first-order chi connectivity index (χ1) is 19.5. The van der Waals surface area contributed by atoms with E-state index in [1.165, 1.54) is 5.56 Å². The van der Waals surface area contributed by atoms with Crippen LogP contribution in [0, 0.1) is 6.92 Å². The lowest BCUT2D eigenvalue weighted by Crippen LogP contribution is -2.31. The minimum atomic E-state index is -0.450. The van der Waals surface area contributed by atoms with Crippen LogP contribution < -0.4 is 15.4 Å². The smallest absolute Gasteiger partial charge is 0.255 e. The number of ether oxygens (including phenoxy) is 1. The number of aryl methyl sites for hydroxylation is 1. The first-order valence-electron chi connectivity index (χ1n) is 13.7. The van der Waals surface area contributed by atoms with E-state index in [1.54, 1.807) is 11.8 Å². The van der Waals surface area contributed by atoms with Crippen LogP contribution in [0.25, 0.3) is 0 Å². The number of hydrogen-bond acceptors (Lipinski definition) is 6. The number of benzene rings is 3. The summed E-state index contributed by atoms with van der Waals surface area (Å²) in [5.74, 6) is 2.01. The Labute approximate surface area is 240 Å². The average Bonchev–Trinajstić information content (AvgIpc) is 3.37. The molecule has 1 atom stereocenters. The number of amides is 1. The molecule has 5 rings (SSSR count). The lowest BCUT2D eigenvalue weighted by atomic mass is 9.95. The zero-order valence-electron chi connectivity index (χ0n) is 23.2. The predicted octanol–water partition coefficient (Wildman–Crippen LogP) is 7.38. The van der Waals surface area contributed by atoms with Gasteiger partial charge in [-0.25, -0.2) is 4.68 Å². The van der Waals surface area contributed by atoms with Crippen molar-refractivity contribution in [3.05, 3.63) is 107 Å². The molecule has 40 heavy (non-hydrogen) atoms. The second-order valence-corrected chi connectivity index (χ2v) is 10.9. The van der Waals surface area contributed by atoms with Crippen molar-refractivity contribution in [1.29, 1.82) is 0 Å². The zero-order chi connectivity index (χ0) is 27.9. The number of carbonyl (C=O) groups excluding carboxylic acids is 1. The van der Waals surface area contributed by atoms with Gasteiger partial charge in [-0.2, -0.15) is 4.98 Å². The number of anilines is 2. The Morgan fingerprint density at radius 3 is 2.58 bits per heavy atom. The van der Waals surface area contributed by atoms with Crippen molar-refractivity contribution in [2.45, 2.75) is 57.0 Å². The van der Waals surface area contributed by atoms with Crippen LogP contribution in [0.1, 0.15) is 55.8 Å². The van der Waals surface area contributed by atoms with Gasteiger partial charge in [0.1, 0.15) is 11.8 Å². The Bertz CT molecular complexity index is 1480. The molecule has 0 saturated carbocycles. The third kappa shape index (κ3) is 6.57. The van der Waals surface area contributed by atoms with E-state index in [0.717, 1.165) is 53.3 Å². The lowest BCUT2D eigenvalue weighted by Gasteiger charge is -2.28. The van der Waals surface area contributed by atoms with Crippen LogP contribution in [0.4, 0.5) is 11.6 Å². The molecule has 1 aliphatic heterocycles. The third-order valence-electron chi connectivity index (χ3n) is 6.78. The molecule has 1 unspecified atom stereocenters. The van der Waals surface area contributed by atoms with E-state index >= 15 is 0 Å². The fraction of sp³-hybridized carbons (Fsp3) is 0.281. The first-order valence-corrected chi connectivity index (χ1v) is 14.7. The molecule has 1 aromatic heterocycles. The number of aromatic nitrogens is 3. The number of rotatable bonds is 11. The quantitative estimate of drug-likeness (QED) is 0.149. The van der Waals surface area contributed by atoms with Gasteiger partial charge in [0.15, 0.2) is 0 Å². The minimum absolute atomic E-state index is 0.180. The number of carbonyl (C=O) groups is 1. The number of hydrogen-bond donors (Lipinski definition) is 2. The van der Waals surface area contributed by atoms with Gasteiger partial charge in [0.25, 0.3) is 5.91 Å². The van der Waals surface area contributed by atoms with Gasteiger partial charge in [-0.3, -0.25) is 4.79 Å². The van der Waals surface area contributed by atoms with Crippen molar-refractivity contribution in [2.24, 2.45) is 0 Å². The van der Waals surface area contributed by atoms with Crippen molar-refractivity contribution in [2.75, 3.05) is 17.2 Å². The summed E-state index contributed by atoms with van der Waals surface area (Å²) in [6.07, 6.45) is 3.34. The highest BCUT2D eigenvalue weighted by Gasteiger charge is 2.34. The zero-order valence-corrected chi connectivity index (χ0v) is 24.0. The Hall–Kier alpha value is -4.04. The summed E-state index contributed by atoms with van der Waals surface area (Å²) < 4.78 is 7.76. The summed E-state index contributed by atoms with van der Waals surface area (Å²) >= 11 is 1.57. The molecule has 1 amide bonds. The second-order valence-electron chi connectivity index (χ2n) is 9.95. The highest BCUT2D eigenvalue weighted by molar-refractivity contribution is 7.98. The van der Waals surface area contributed by atoms with E-state index in [9.17, 15) is 4.79 Å². The van der Waals surface area contributed by atoms with Crippen LogP contribution in [-0.4, -0.2) is 27.3 Å². The fourth-order valence-electron chi connectivity index (χ4n) is 4.73. The van der Waals surface area contributed by atoms with E-state index in [4.69, 9.17) is 14.8 Å². The molecule has 0 saturated heterocycles. The molecule has 3 aromatic carbocycles. The molecular weight excluding hydrogens is 518 g/mol. The van der Waals surface area contributed by atoms with Gasteiger partial charge in [-0.1, -0.05) is 86.1 Å². The SMILES string of the molecule is CCCCCOc1ccc(C2C(C(=O)Nc3cccc(C)c3)=C(C)Nc3nc(SCc4ccccc4)nn32)cc1. The van der Waals surface area contributed by atoms with Crippen molar-refractivity contribution < 1.29 is 9.53 Å². The monoisotopic (exact) mass is 553 g/mol. The van der Waals surface area contributed by atoms with E-state index in [0.29, 0.717) is 23.3 Å². The van der Waals surface area contributed by atoms with Crippen LogP contribution >= 0.6 is 11.8 Å². The molecule has 8 heteroatoms. The van der Waals surface area contributed by atoms with Crippen LogP contribution in [0.3, 0.4) is 0 Å².